The molecule has 0 aliphatic heterocycles. The van der Waals surface area contributed by atoms with E-state index in [1.165, 1.54) is 6.92 Å². The van der Waals surface area contributed by atoms with Crippen LogP contribution >= 0.6 is 0 Å². The molecule has 1 N–H and O–H groups in total. The van der Waals surface area contributed by atoms with Crippen LogP contribution in [-0.4, -0.2) is 29.1 Å². The first-order chi connectivity index (χ1) is 5.52. The Hall–Kier alpha value is -1.37. The summed E-state index contributed by atoms with van der Waals surface area (Å²) < 4.78 is 4.62. The third-order valence-electron chi connectivity index (χ3n) is 0.903. The van der Waals surface area contributed by atoms with E-state index < -0.39 is 17.3 Å². The minimum absolute atomic E-state index is 0.107. The SMILES string of the molecule is CC(OCCC(=O)O)O[N+](=O)[O-]. The van der Waals surface area contributed by atoms with E-state index in [9.17, 15) is 14.9 Å². The molecule has 0 aliphatic carbocycles. The number of ether oxygens (including phenoxy) is 1. The van der Waals surface area contributed by atoms with Gasteiger partial charge in [-0.1, -0.05) is 0 Å². The van der Waals surface area contributed by atoms with Gasteiger partial charge in [-0.15, -0.1) is 10.1 Å². The Bertz CT molecular complexity index is 169. The van der Waals surface area contributed by atoms with Gasteiger partial charge in [-0.25, -0.2) is 0 Å². The second kappa shape index (κ2) is 5.30. The fourth-order valence-electron chi connectivity index (χ4n) is 0.464. The quantitative estimate of drug-likeness (QED) is 0.351. The number of carboxylic acids is 1. The summed E-state index contributed by atoms with van der Waals surface area (Å²) in [6.45, 7) is 1.20. The fraction of sp³-hybridized carbons (Fsp3) is 0.800. The summed E-state index contributed by atoms with van der Waals surface area (Å²) in [6.07, 6.45) is -1.23. The standard InChI is InChI=1S/C5H9NO6/c1-4(12-6(9)10)11-3-2-5(7)8/h4H,2-3H2,1H3,(H,7,8). The molecule has 0 fully saturated rings. The van der Waals surface area contributed by atoms with Crippen LogP contribution < -0.4 is 0 Å². The van der Waals surface area contributed by atoms with Crippen molar-refractivity contribution in [3.8, 4) is 0 Å². The van der Waals surface area contributed by atoms with Crippen LogP contribution in [-0.2, 0) is 14.4 Å². The monoisotopic (exact) mass is 179 g/mol. The first kappa shape index (κ1) is 10.6. The molecular formula is C5H9NO6. The zero-order valence-corrected chi connectivity index (χ0v) is 6.43. The van der Waals surface area contributed by atoms with Gasteiger partial charge in [-0.2, -0.15) is 0 Å². The molecule has 1 unspecified atom stereocenters. The predicted molar refractivity (Wildman–Crippen MR) is 35.7 cm³/mol. The van der Waals surface area contributed by atoms with Crippen LogP contribution in [0, 0.1) is 10.1 Å². The van der Waals surface area contributed by atoms with Crippen molar-refractivity contribution in [1.29, 1.82) is 0 Å². The van der Waals surface area contributed by atoms with Gasteiger partial charge in [0.2, 0.25) is 6.29 Å². The topological polar surface area (TPSA) is 98.9 Å². The maximum Gasteiger partial charge on any atom is 0.305 e. The minimum atomic E-state index is -1.03. The highest BCUT2D eigenvalue weighted by Gasteiger charge is 2.07. The highest BCUT2D eigenvalue weighted by molar-refractivity contribution is 5.66. The molecule has 7 nitrogen and oxygen atoms in total. The smallest absolute Gasteiger partial charge is 0.305 e. The lowest BCUT2D eigenvalue weighted by molar-refractivity contribution is -0.779. The number of rotatable bonds is 6. The van der Waals surface area contributed by atoms with E-state index in [1.54, 1.807) is 0 Å². The van der Waals surface area contributed by atoms with Crippen molar-refractivity contribution in [3.63, 3.8) is 0 Å². The van der Waals surface area contributed by atoms with Crippen molar-refractivity contribution >= 4 is 5.97 Å². The van der Waals surface area contributed by atoms with E-state index in [0.717, 1.165) is 0 Å². The van der Waals surface area contributed by atoms with Gasteiger partial charge in [0.15, 0.2) is 0 Å². The first-order valence-electron chi connectivity index (χ1n) is 3.17. The molecule has 0 aromatic heterocycles. The molecule has 0 aromatic rings. The third kappa shape index (κ3) is 6.75. The van der Waals surface area contributed by atoms with Crippen molar-refractivity contribution in [2.45, 2.75) is 19.6 Å². The Morgan fingerprint density at radius 1 is 1.75 bits per heavy atom. The Morgan fingerprint density at radius 3 is 2.75 bits per heavy atom. The number of carboxylic acid groups (broad SMARTS) is 1. The van der Waals surface area contributed by atoms with Crippen LogP contribution in [0.25, 0.3) is 0 Å². The second-order valence-electron chi connectivity index (χ2n) is 1.91. The average Bonchev–Trinajstić information content (AvgIpc) is 1.84. The molecule has 0 amide bonds. The van der Waals surface area contributed by atoms with Gasteiger partial charge in [0.05, 0.1) is 13.0 Å². The van der Waals surface area contributed by atoms with Crippen LogP contribution in [0.2, 0.25) is 0 Å². The zero-order chi connectivity index (χ0) is 9.56. The van der Waals surface area contributed by atoms with Crippen molar-refractivity contribution in [3.05, 3.63) is 10.1 Å². The van der Waals surface area contributed by atoms with Gasteiger partial charge >= 0.3 is 5.97 Å². The van der Waals surface area contributed by atoms with Crippen LogP contribution in [0.15, 0.2) is 0 Å². The van der Waals surface area contributed by atoms with Crippen LogP contribution in [0.4, 0.5) is 0 Å². The number of hydrogen-bond acceptors (Lipinski definition) is 5. The highest BCUT2D eigenvalue weighted by Crippen LogP contribution is 1.94. The predicted octanol–water partition coefficient (Wildman–Crippen LogP) is 0.0320. The first-order valence-corrected chi connectivity index (χ1v) is 3.17. The Balaban J connectivity index is 3.37. The number of aliphatic carboxylic acids is 1. The van der Waals surface area contributed by atoms with Gasteiger partial charge in [0.25, 0.3) is 5.09 Å². The molecule has 0 radical (unpaired) electrons. The summed E-state index contributed by atoms with van der Waals surface area (Å²) in [5.41, 5.74) is 0. The molecule has 0 bridgehead atoms. The van der Waals surface area contributed by atoms with Crippen LogP contribution in [0.5, 0.6) is 0 Å². The normalized spacial score (nSPS) is 12.1. The summed E-state index contributed by atoms with van der Waals surface area (Å²) in [5, 5.41) is 16.9. The second-order valence-corrected chi connectivity index (χ2v) is 1.91. The molecule has 0 aliphatic rings. The van der Waals surface area contributed by atoms with Gasteiger partial charge in [-0.3, -0.25) is 9.63 Å². The maximum atomic E-state index is 9.95. The van der Waals surface area contributed by atoms with Crippen molar-refractivity contribution in [2.75, 3.05) is 6.61 Å². The van der Waals surface area contributed by atoms with E-state index in [1.807, 2.05) is 0 Å². The maximum absolute atomic E-state index is 9.95. The van der Waals surface area contributed by atoms with E-state index in [0.29, 0.717) is 0 Å². The van der Waals surface area contributed by atoms with E-state index in [2.05, 4.69) is 9.57 Å². The summed E-state index contributed by atoms with van der Waals surface area (Å²) in [6, 6.07) is 0. The van der Waals surface area contributed by atoms with Gasteiger partial charge in [-0.05, 0) is 6.92 Å². The molecule has 0 rings (SSSR count). The molecule has 0 aromatic carbocycles. The van der Waals surface area contributed by atoms with E-state index in [-0.39, 0.29) is 13.0 Å². The lowest BCUT2D eigenvalue weighted by Crippen LogP contribution is -2.18. The van der Waals surface area contributed by atoms with E-state index in [4.69, 9.17) is 5.11 Å². The molecule has 0 heterocycles. The van der Waals surface area contributed by atoms with Crippen LogP contribution in [0.1, 0.15) is 13.3 Å². The third-order valence-corrected chi connectivity index (χ3v) is 0.903. The summed E-state index contributed by atoms with van der Waals surface area (Å²) in [7, 11) is 0. The fourth-order valence-corrected chi connectivity index (χ4v) is 0.464. The number of nitrogens with zero attached hydrogens (tertiary/aromatic N) is 1. The lowest BCUT2D eigenvalue weighted by atomic mass is 10.5. The molecule has 12 heavy (non-hydrogen) atoms. The summed E-state index contributed by atoms with van der Waals surface area (Å²) >= 11 is 0. The number of carbonyl (C=O) groups is 1. The lowest BCUT2D eigenvalue weighted by Gasteiger charge is -2.08. The highest BCUT2D eigenvalue weighted by atomic mass is 17.0. The van der Waals surface area contributed by atoms with Crippen LogP contribution in [0.3, 0.4) is 0 Å². The molecular weight excluding hydrogens is 170 g/mol. The van der Waals surface area contributed by atoms with Gasteiger partial charge < -0.3 is 9.84 Å². The Kier molecular flexibility index (Phi) is 4.70. The minimum Gasteiger partial charge on any atom is -0.481 e. The largest absolute Gasteiger partial charge is 0.481 e. The Labute approximate surface area is 68.0 Å². The molecule has 0 spiro atoms. The zero-order valence-electron chi connectivity index (χ0n) is 6.43. The number of hydrogen-bond donors (Lipinski definition) is 1. The van der Waals surface area contributed by atoms with Gasteiger partial charge in [0, 0.05) is 0 Å². The molecule has 1 atom stereocenters. The molecule has 70 valence electrons. The van der Waals surface area contributed by atoms with Gasteiger partial charge in [0.1, 0.15) is 0 Å². The summed E-state index contributed by atoms with van der Waals surface area (Å²) in [5.74, 6) is -1.02. The average molecular weight is 179 g/mol. The van der Waals surface area contributed by atoms with E-state index >= 15 is 0 Å². The molecule has 7 heteroatoms. The van der Waals surface area contributed by atoms with Crippen molar-refractivity contribution in [1.82, 2.24) is 0 Å². The van der Waals surface area contributed by atoms with Crippen molar-refractivity contribution in [2.24, 2.45) is 0 Å². The van der Waals surface area contributed by atoms with Crippen molar-refractivity contribution < 1.29 is 24.6 Å². The molecule has 0 saturated heterocycles. The summed E-state index contributed by atoms with van der Waals surface area (Å²) in [4.78, 5) is 23.6. The Morgan fingerprint density at radius 2 is 2.33 bits per heavy atom. The molecule has 0 saturated carbocycles.